The van der Waals surface area contributed by atoms with Crippen molar-refractivity contribution in [2.45, 2.75) is 43.9 Å². The van der Waals surface area contributed by atoms with Crippen molar-refractivity contribution in [2.24, 2.45) is 0 Å². The SMILES string of the molecule is O=C1Cc2ccc(C(=O)NC3CC4CCC3O4)cc2N1. The van der Waals surface area contributed by atoms with E-state index in [1.165, 1.54) is 0 Å². The number of nitrogens with one attached hydrogen (secondary N) is 2. The van der Waals surface area contributed by atoms with Crippen LogP contribution >= 0.6 is 0 Å². The van der Waals surface area contributed by atoms with Crippen molar-refractivity contribution in [3.63, 3.8) is 0 Å². The molecule has 2 saturated heterocycles. The monoisotopic (exact) mass is 272 g/mol. The van der Waals surface area contributed by atoms with Gasteiger partial charge in [0.1, 0.15) is 0 Å². The molecular weight excluding hydrogens is 256 g/mol. The van der Waals surface area contributed by atoms with E-state index in [0.717, 1.165) is 30.5 Å². The Kier molecular flexibility index (Phi) is 2.57. The van der Waals surface area contributed by atoms with E-state index in [-0.39, 0.29) is 24.0 Å². The molecule has 20 heavy (non-hydrogen) atoms. The van der Waals surface area contributed by atoms with Crippen molar-refractivity contribution in [3.05, 3.63) is 29.3 Å². The number of carbonyl (C=O) groups excluding carboxylic acids is 2. The molecule has 0 radical (unpaired) electrons. The Morgan fingerprint density at radius 1 is 1.35 bits per heavy atom. The summed E-state index contributed by atoms with van der Waals surface area (Å²) in [7, 11) is 0. The second kappa shape index (κ2) is 4.31. The molecule has 0 aromatic heterocycles. The van der Waals surface area contributed by atoms with Crippen LogP contribution in [-0.4, -0.2) is 30.1 Å². The Balaban J connectivity index is 1.49. The Morgan fingerprint density at radius 2 is 2.25 bits per heavy atom. The average Bonchev–Trinajstić information content (AvgIpc) is 3.10. The molecular formula is C15H16N2O3. The number of anilines is 1. The lowest BCUT2D eigenvalue weighted by molar-refractivity contribution is -0.115. The van der Waals surface area contributed by atoms with Crippen LogP contribution in [0.2, 0.25) is 0 Å². The van der Waals surface area contributed by atoms with Gasteiger partial charge in [-0.15, -0.1) is 0 Å². The van der Waals surface area contributed by atoms with Gasteiger partial charge in [0, 0.05) is 11.3 Å². The van der Waals surface area contributed by atoms with Crippen LogP contribution < -0.4 is 10.6 Å². The van der Waals surface area contributed by atoms with Crippen LogP contribution in [0.15, 0.2) is 18.2 Å². The maximum absolute atomic E-state index is 12.3. The molecule has 0 aliphatic carbocycles. The number of rotatable bonds is 2. The van der Waals surface area contributed by atoms with Crippen LogP contribution in [0.1, 0.15) is 35.2 Å². The fourth-order valence-electron chi connectivity index (χ4n) is 3.40. The molecule has 5 heteroatoms. The van der Waals surface area contributed by atoms with E-state index < -0.39 is 0 Å². The number of carbonyl (C=O) groups is 2. The second-order valence-electron chi connectivity index (χ2n) is 5.79. The molecule has 3 aliphatic heterocycles. The minimum Gasteiger partial charge on any atom is -0.373 e. The predicted molar refractivity (Wildman–Crippen MR) is 72.5 cm³/mol. The van der Waals surface area contributed by atoms with Gasteiger partial charge < -0.3 is 15.4 Å². The maximum Gasteiger partial charge on any atom is 0.251 e. The lowest BCUT2D eigenvalue weighted by Gasteiger charge is -2.20. The maximum atomic E-state index is 12.3. The summed E-state index contributed by atoms with van der Waals surface area (Å²) >= 11 is 0. The number of benzene rings is 1. The lowest BCUT2D eigenvalue weighted by atomic mass is 9.95. The first-order valence-corrected chi connectivity index (χ1v) is 7.08. The predicted octanol–water partition coefficient (Wildman–Crippen LogP) is 1.23. The Morgan fingerprint density at radius 3 is 3.00 bits per heavy atom. The third-order valence-corrected chi connectivity index (χ3v) is 4.42. The van der Waals surface area contributed by atoms with Gasteiger partial charge in [-0.3, -0.25) is 9.59 Å². The van der Waals surface area contributed by atoms with E-state index in [1.54, 1.807) is 12.1 Å². The molecule has 0 saturated carbocycles. The van der Waals surface area contributed by atoms with Gasteiger partial charge in [-0.2, -0.15) is 0 Å². The summed E-state index contributed by atoms with van der Waals surface area (Å²) in [4.78, 5) is 23.6. The minimum absolute atomic E-state index is 0.0148. The third-order valence-electron chi connectivity index (χ3n) is 4.42. The van der Waals surface area contributed by atoms with Crippen molar-refractivity contribution in [3.8, 4) is 0 Å². The topological polar surface area (TPSA) is 67.4 Å². The molecule has 104 valence electrons. The number of amides is 2. The van der Waals surface area contributed by atoms with Gasteiger partial charge in [0.05, 0.1) is 24.7 Å². The molecule has 2 bridgehead atoms. The van der Waals surface area contributed by atoms with Crippen molar-refractivity contribution in [2.75, 3.05) is 5.32 Å². The Labute approximate surface area is 116 Å². The number of ether oxygens (including phenoxy) is 1. The molecule has 3 unspecified atom stereocenters. The first kappa shape index (κ1) is 11.9. The number of hydrogen-bond donors (Lipinski definition) is 2. The summed E-state index contributed by atoms with van der Waals surface area (Å²) in [5.74, 6) is -0.103. The summed E-state index contributed by atoms with van der Waals surface area (Å²) in [6, 6.07) is 5.51. The van der Waals surface area contributed by atoms with Gasteiger partial charge in [0.15, 0.2) is 0 Å². The summed E-state index contributed by atoms with van der Waals surface area (Å²) < 4.78 is 5.74. The van der Waals surface area contributed by atoms with E-state index >= 15 is 0 Å². The number of hydrogen-bond acceptors (Lipinski definition) is 3. The molecule has 2 N–H and O–H groups in total. The van der Waals surface area contributed by atoms with Crippen LogP contribution in [0.5, 0.6) is 0 Å². The summed E-state index contributed by atoms with van der Waals surface area (Å²) in [5.41, 5.74) is 2.30. The van der Waals surface area contributed by atoms with Crippen LogP contribution in [-0.2, 0) is 16.0 Å². The molecule has 2 amide bonds. The van der Waals surface area contributed by atoms with Crippen LogP contribution in [0.25, 0.3) is 0 Å². The summed E-state index contributed by atoms with van der Waals surface area (Å²) in [6.45, 7) is 0. The van der Waals surface area contributed by atoms with Gasteiger partial charge in [-0.1, -0.05) is 6.07 Å². The summed E-state index contributed by atoms with van der Waals surface area (Å²) in [5, 5.41) is 5.82. The molecule has 3 atom stereocenters. The quantitative estimate of drug-likeness (QED) is 0.851. The molecule has 5 nitrogen and oxygen atoms in total. The highest BCUT2D eigenvalue weighted by atomic mass is 16.5. The van der Waals surface area contributed by atoms with Crippen molar-refractivity contribution >= 4 is 17.5 Å². The van der Waals surface area contributed by atoms with Gasteiger partial charge in [-0.25, -0.2) is 0 Å². The highest BCUT2D eigenvalue weighted by Gasteiger charge is 2.41. The highest BCUT2D eigenvalue weighted by molar-refractivity contribution is 6.02. The van der Waals surface area contributed by atoms with Crippen molar-refractivity contribution < 1.29 is 14.3 Å². The minimum atomic E-state index is -0.0879. The highest BCUT2D eigenvalue weighted by Crippen LogP contribution is 2.34. The fourth-order valence-corrected chi connectivity index (χ4v) is 3.40. The van der Waals surface area contributed by atoms with E-state index in [0.29, 0.717) is 18.1 Å². The Bertz CT molecular complexity index is 599. The molecule has 1 aromatic rings. The van der Waals surface area contributed by atoms with Crippen LogP contribution in [0.4, 0.5) is 5.69 Å². The largest absolute Gasteiger partial charge is 0.373 e. The van der Waals surface area contributed by atoms with Crippen molar-refractivity contribution in [1.29, 1.82) is 0 Å². The van der Waals surface area contributed by atoms with E-state index in [1.807, 2.05) is 6.07 Å². The van der Waals surface area contributed by atoms with E-state index in [9.17, 15) is 9.59 Å². The first-order chi connectivity index (χ1) is 9.69. The van der Waals surface area contributed by atoms with Crippen LogP contribution in [0.3, 0.4) is 0 Å². The smallest absolute Gasteiger partial charge is 0.251 e. The molecule has 4 rings (SSSR count). The zero-order chi connectivity index (χ0) is 13.7. The van der Waals surface area contributed by atoms with Crippen molar-refractivity contribution in [1.82, 2.24) is 5.32 Å². The van der Waals surface area contributed by atoms with E-state index in [2.05, 4.69) is 10.6 Å². The molecule has 3 aliphatic rings. The zero-order valence-corrected chi connectivity index (χ0v) is 11.0. The standard InChI is InChI=1S/C15H16N2O3/c18-14-6-8-1-2-9(5-11(8)16-14)15(19)17-12-7-10-3-4-13(12)20-10/h1-2,5,10,12-13H,3-4,6-7H2,(H,16,18)(H,17,19). The molecule has 1 aromatic carbocycles. The second-order valence-corrected chi connectivity index (χ2v) is 5.79. The van der Waals surface area contributed by atoms with Gasteiger partial charge in [0.25, 0.3) is 5.91 Å². The third kappa shape index (κ3) is 1.89. The molecule has 0 spiro atoms. The fraction of sp³-hybridized carbons (Fsp3) is 0.467. The van der Waals surface area contributed by atoms with Crippen LogP contribution in [0, 0.1) is 0 Å². The average molecular weight is 272 g/mol. The molecule has 2 fully saturated rings. The number of fused-ring (bicyclic) bond motifs is 3. The van der Waals surface area contributed by atoms with E-state index in [4.69, 9.17) is 4.74 Å². The van der Waals surface area contributed by atoms with Gasteiger partial charge >= 0.3 is 0 Å². The lowest BCUT2D eigenvalue weighted by Crippen LogP contribution is -2.41. The molecule has 3 heterocycles. The zero-order valence-electron chi connectivity index (χ0n) is 11.0. The van der Waals surface area contributed by atoms with Gasteiger partial charge in [-0.05, 0) is 37.0 Å². The first-order valence-electron chi connectivity index (χ1n) is 7.08. The van der Waals surface area contributed by atoms with Gasteiger partial charge in [0.2, 0.25) is 5.91 Å². The Hall–Kier alpha value is -1.88. The normalized spacial score (nSPS) is 30.2. The summed E-state index contributed by atoms with van der Waals surface area (Å²) in [6.07, 6.45) is 3.97.